The first-order chi connectivity index (χ1) is 13.5. The SMILES string of the molecule is C[C@H]1C[C@H](C)CN(C(=O)CN2CCN(C(=O)Cc3cn4ccsc4n3)CC2)C1. The van der Waals surface area contributed by atoms with E-state index in [1.54, 1.807) is 11.3 Å². The predicted octanol–water partition coefficient (Wildman–Crippen LogP) is 1.59. The number of carbonyl (C=O) groups excluding carboxylic acids is 2. The van der Waals surface area contributed by atoms with Gasteiger partial charge >= 0.3 is 0 Å². The fourth-order valence-corrected chi connectivity index (χ4v) is 5.16. The van der Waals surface area contributed by atoms with Crippen molar-refractivity contribution >= 4 is 28.1 Å². The molecule has 0 spiro atoms. The largest absolute Gasteiger partial charge is 0.341 e. The molecule has 2 saturated heterocycles. The lowest BCUT2D eigenvalue weighted by molar-refractivity contribution is -0.136. The van der Waals surface area contributed by atoms with Gasteiger partial charge in [-0.3, -0.25) is 18.9 Å². The van der Waals surface area contributed by atoms with Gasteiger partial charge in [-0.2, -0.15) is 0 Å². The molecule has 0 aliphatic carbocycles. The highest BCUT2D eigenvalue weighted by Gasteiger charge is 2.28. The predicted molar refractivity (Wildman–Crippen MR) is 109 cm³/mol. The van der Waals surface area contributed by atoms with Gasteiger partial charge in [0.05, 0.1) is 18.7 Å². The van der Waals surface area contributed by atoms with Crippen LogP contribution in [0.2, 0.25) is 0 Å². The lowest BCUT2D eigenvalue weighted by Crippen LogP contribution is -2.53. The Bertz CT molecular complexity index is 800. The number of fused-ring (bicyclic) bond motifs is 1. The summed E-state index contributed by atoms with van der Waals surface area (Å²) in [6.45, 7) is 9.56. The van der Waals surface area contributed by atoms with Crippen LogP contribution in [0.3, 0.4) is 0 Å². The second kappa shape index (κ2) is 8.21. The van der Waals surface area contributed by atoms with E-state index in [-0.39, 0.29) is 11.8 Å². The Balaban J connectivity index is 1.24. The van der Waals surface area contributed by atoms with Crippen molar-refractivity contribution in [3.63, 3.8) is 0 Å². The topological polar surface area (TPSA) is 61.2 Å². The Morgan fingerprint density at radius 2 is 1.79 bits per heavy atom. The van der Waals surface area contributed by atoms with Gasteiger partial charge in [0.2, 0.25) is 11.8 Å². The van der Waals surface area contributed by atoms with E-state index in [0.29, 0.717) is 37.9 Å². The molecule has 28 heavy (non-hydrogen) atoms. The minimum absolute atomic E-state index is 0.121. The van der Waals surface area contributed by atoms with Crippen molar-refractivity contribution < 1.29 is 9.59 Å². The summed E-state index contributed by atoms with van der Waals surface area (Å²) >= 11 is 1.57. The average Bonchev–Trinajstić information content (AvgIpc) is 3.23. The molecule has 0 bridgehead atoms. The zero-order chi connectivity index (χ0) is 19.7. The first-order valence-corrected chi connectivity index (χ1v) is 11.0. The number of amides is 2. The fourth-order valence-electron chi connectivity index (χ4n) is 4.44. The second-order valence-corrected chi connectivity index (χ2v) is 9.28. The molecule has 0 radical (unpaired) electrons. The van der Waals surface area contributed by atoms with Gasteiger partial charge in [-0.15, -0.1) is 11.3 Å². The van der Waals surface area contributed by atoms with E-state index in [1.807, 2.05) is 32.0 Å². The zero-order valence-corrected chi connectivity index (χ0v) is 17.5. The molecule has 152 valence electrons. The van der Waals surface area contributed by atoms with E-state index in [9.17, 15) is 9.59 Å². The Hall–Kier alpha value is -1.93. The van der Waals surface area contributed by atoms with Crippen molar-refractivity contribution in [2.24, 2.45) is 11.8 Å². The number of thiazole rings is 1. The molecule has 8 heteroatoms. The van der Waals surface area contributed by atoms with Gasteiger partial charge in [0.15, 0.2) is 4.96 Å². The van der Waals surface area contributed by atoms with Gasteiger partial charge in [-0.05, 0) is 18.3 Å². The zero-order valence-electron chi connectivity index (χ0n) is 16.7. The minimum atomic E-state index is 0.121. The maximum absolute atomic E-state index is 12.7. The molecule has 7 nitrogen and oxygen atoms in total. The Kier molecular flexibility index (Phi) is 5.68. The Morgan fingerprint density at radius 3 is 2.46 bits per heavy atom. The summed E-state index contributed by atoms with van der Waals surface area (Å²) in [5.41, 5.74) is 0.822. The molecule has 0 aromatic carbocycles. The molecule has 2 aromatic rings. The standard InChI is InChI=1S/C20H29N5O2S/c1-15-9-16(2)12-25(11-15)19(27)14-22-3-5-23(6-4-22)18(26)10-17-13-24-7-8-28-20(24)21-17/h7-8,13,15-16H,3-6,9-12,14H2,1-2H3/t15-,16-/m0/s1. The summed E-state index contributed by atoms with van der Waals surface area (Å²) in [5, 5.41) is 1.99. The molecule has 0 saturated carbocycles. The van der Waals surface area contributed by atoms with Crippen molar-refractivity contribution in [2.45, 2.75) is 26.7 Å². The normalized spacial score (nSPS) is 24.1. The number of piperazine rings is 1. The van der Waals surface area contributed by atoms with Crippen LogP contribution < -0.4 is 0 Å². The number of imidazole rings is 1. The van der Waals surface area contributed by atoms with Crippen LogP contribution in [0.4, 0.5) is 0 Å². The van der Waals surface area contributed by atoms with Gasteiger partial charge < -0.3 is 9.80 Å². The third kappa shape index (κ3) is 4.38. The van der Waals surface area contributed by atoms with E-state index >= 15 is 0 Å². The highest BCUT2D eigenvalue weighted by atomic mass is 32.1. The summed E-state index contributed by atoms with van der Waals surface area (Å²) < 4.78 is 1.96. The highest BCUT2D eigenvalue weighted by Crippen LogP contribution is 2.21. The molecule has 2 aromatic heterocycles. The summed E-state index contributed by atoms with van der Waals surface area (Å²) in [6, 6.07) is 0. The van der Waals surface area contributed by atoms with E-state index in [1.165, 1.54) is 6.42 Å². The molecule has 4 rings (SSSR count). The van der Waals surface area contributed by atoms with Gasteiger partial charge in [0.25, 0.3) is 0 Å². The fraction of sp³-hybridized carbons (Fsp3) is 0.650. The Labute approximate surface area is 169 Å². The maximum Gasteiger partial charge on any atom is 0.236 e. The highest BCUT2D eigenvalue weighted by molar-refractivity contribution is 7.15. The molecule has 0 unspecified atom stereocenters. The van der Waals surface area contributed by atoms with Crippen molar-refractivity contribution in [1.82, 2.24) is 24.1 Å². The maximum atomic E-state index is 12.7. The van der Waals surface area contributed by atoms with Crippen molar-refractivity contribution in [3.05, 3.63) is 23.5 Å². The number of carbonyl (C=O) groups is 2. The van der Waals surface area contributed by atoms with Gasteiger partial charge in [-0.1, -0.05) is 13.8 Å². The van der Waals surface area contributed by atoms with E-state index < -0.39 is 0 Å². The van der Waals surface area contributed by atoms with Gasteiger partial charge in [-0.25, -0.2) is 4.98 Å². The molecular formula is C20H29N5O2S. The molecule has 0 N–H and O–H groups in total. The number of hydrogen-bond donors (Lipinski definition) is 0. The monoisotopic (exact) mass is 403 g/mol. The number of piperidine rings is 1. The smallest absolute Gasteiger partial charge is 0.236 e. The molecule has 2 aliphatic heterocycles. The molecule has 2 fully saturated rings. The number of likely N-dealkylation sites (tertiary alicyclic amines) is 1. The van der Waals surface area contributed by atoms with Crippen LogP contribution in [-0.4, -0.2) is 81.7 Å². The first-order valence-electron chi connectivity index (χ1n) is 10.2. The van der Waals surface area contributed by atoms with Crippen LogP contribution in [0.5, 0.6) is 0 Å². The molecule has 2 amide bonds. The van der Waals surface area contributed by atoms with Crippen LogP contribution >= 0.6 is 11.3 Å². The summed E-state index contributed by atoms with van der Waals surface area (Å²) in [4.78, 5) is 36.8. The molecule has 4 heterocycles. The number of nitrogens with zero attached hydrogens (tertiary/aromatic N) is 5. The quantitative estimate of drug-likeness (QED) is 0.778. The lowest BCUT2D eigenvalue weighted by atomic mass is 9.92. The Morgan fingerprint density at radius 1 is 1.07 bits per heavy atom. The molecule has 2 atom stereocenters. The summed E-state index contributed by atoms with van der Waals surface area (Å²) in [5.74, 6) is 1.52. The van der Waals surface area contributed by atoms with E-state index in [2.05, 4.69) is 23.7 Å². The molecule has 2 aliphatic rings. The first kappa shape index (κ1) is 19.4. The van der Waals surface area contributed by atoms with Crippen LogP contribution in [0, 0.1) is 11.8 Å². The van der Waals surface area contributed by atoms with Crippen LogP contribution in [-0.2, 0) is 16.0 Å². The van der Waals surface area contributed by atoms with Crippen molar-refractivity contribution in [2.75, 3.05) is 45.8 Å². The lowest BCUT2D eigenvalue weighted by Gasteiger charge is -2.38. The minimum Gasteiger partial charge on any atom is -0.341 e. The molecular weight excluding hydrogens is 374 g/mol. The van der Waals surface area contributed by atoms with Crippen molar-refractivity contribution in [3.8, 4) is 0 Å². The third-order valence-electron chi connectivity index (χ3n) is 5.78. The second-order valence-electron chi connectivity index (χ2n) is 8.40. The van der Waals surface area contributed by atoms with Crippen LogP contribution in [0.15, 0.2) is 17.8 Å². The summed E-state index contributed by atoms with van der Waals surface area (Å²) in [7, 11) is 0. The number of aromatic nitrogens is 2. The number of rotatable bonds is 4. The van der Waals surface area contributed by atoms with Crippen LogP contribution in [0.25, 0.3) is 4.96 Å². The van der Waals surface area contributed by atoms with Crippen LogP contribution in [0.1, 0.15) is 26.0 Å². The van der Waals surface area contributed by atoms with Gasteiger partial charge in [0, 0.05) is 57.0 Å². The van der Waals surface area contributed by atoms with E-state index in [4.69, 9.17) is 0 Å². The van der Waals surface area contributed by atoms with Crippen molar-refractivity contribution in [1.29, 1.82) is 0 Å². The van der Waals surface area contributed by atoms with E-state index in [0.717, 1.165) is 36.8 Å². The third-order valence-corrected chi connectivity index (χ3v) is 6.55. The average molecular weight is 404 g/mol. The number of hydrogen-bond acceptors (Lipinski definition) is 5. The summed E-state index contributed by atoms with van der Waals surface area (Å²) in [6.07, 6.45) is 5.44. The van der Waals surface area contributed by atoms with Gasteiger partial charge in [0.1, 0.15) is 0 Å².